The quantitative estimate of drug-likeness (QED) is 0.109. The van der Waals surface area contributed by atoms with Gasteiger partial charge in [-0.3, -0.25) is 9.59 Å². The summed E-state index contributed by atoms with van der Waals surface area (Å²) in [6, 6.07) is 0. The molecule has 2 aromatic carbocycles. The maximum Gasteiger partial charge on any atom is 0.200 e. The van der Waals surface area contributed by atoms with Gasteiger partial charge in [0, 0.05) is 16.5 Å². The van der Waals surface area contributed by atoms with Crippen LogP contribution in [-0.2, 0) is 16.5 Å². The van der Waals surface area contributed by atoms with Gasteiger partial charge in [0.05, 0.1) is 35.2 Å². The minimum atomic E-state index is -2.30. The molecule has 2 aromatic rings. The van der Waals surface area contributed by atoms with Crippen LogP contribution in [0.1, 0.15) is 87.9 Å². The van der Waals surface area contributed by atoms with E-state index in [0.29, 0.717) is 25.7 Å². The van der Waals surface area contributed by atoms with Gasteiger partial charge in [0.15, 0.2) is 58.1 Å². The van der Waals surface area contributed by atoms with Crippen LogP contribution in [0.3, 0.4) is 0 Å². The molecule has 4 saturated carbocycles. The number of aliphatic hydroxyl groups is 2. The van der Waals surface area contributed by atoms with Crippen LogP contribution >= 0.6 is 0 Å². The van der Waals surface area contributed by atoms with Gasteiger partial charge in [-0.15, -0.1) is 0 Å². The van der Waals surface area contributed by atoms with Crippen LogP contribution in [0, 0.1) is 104 Å². The molecule has 4 fully saturated rings. The van der Waals surface area contributed by atoms with E-state index in [4.69, 9.17) is 0 Å². The predicted molar refractivity (Wildman–Crippen MR) is 149 cm³/mol. The normalized spacial score (nSPS) is 33.3. The smallest absolute Gasteiger partial charge is 0.200 e. The second-order valence-electron chi connectivity index (χ2n) is 15.1. The number of carbonyl (C=O) groups excluding carboxylic acids is 2. The van der Waals surface area contributed by atoms with Gasteiger partial charge in [0.1, 0.15) is 0 Å². The average Bonchev–Trinajstić information content (AvgIpc) is 3.52. The zero-order valence-electron chi connectivity index (χ0n) is 27.1. The van der Waals surface area contributed by atoms with Crippen molar-refractivity contribution < 1.29 is 80.2 Å². The Morgan fingerprint density at radius 1 is 0.490 bits per heavy atom. The summed E-state index contributed by atoms with van der Waals surface area (Å²) in [7, 11) is 0. The standard InChI is InChI=1S/2C17H17F5O2.Ni/c2*1-16(2)6-4-5-17(16,3)15(24)7(6)14(23)8-9(18)11(20)13(22)12(21)10(8)19;/h2*6-7,15,24H,4-5H2,1-3H3;. The Labute approximate surface area is 285 Å². The molecule has 0 heterocycles. The Hall–Kier alpha value is -2.51. The predicted octanol–water partition coefficient (Wildman–Crippen LogP) is 7.99. The average molecular weight is 755 g/mol. The Kier molecular flexibility index (Phi) is 9.88. The van der Waals surface area contributed by atoms with Crippen molar-refractivity contribution in [3.8, 4) is 0 Å². The number of aliphatic hydroxyl groups excluding tert-OH is 2. The minimum absolute atomic E-state index is 0. The van der Waals surface area contributed by atoms with E-state index in [1.807, 2.05) is 27.7 Å². The molecule has 4 bridgehead atoms. The summed E-state index contributed by atoms with van der Waals surface area (Å²) < 4.78 is 136. The molecule has 0 amide bonds. The fraction of sp³-hybridized carbons (Fsp3) is 0.588. The van der Waals surface area contributed by atoms with Gasteiger partial charge in [-0.05, 0) is 59.2 Å². The van der Waals surface area contributed by atoms with E-state index in [0.717, 1.165) is 0 Å². The minimum Gasteiger partial charge on any atom is -0.392 e. The second kappa shape index (κ2) is 12.3. The largest absolute Gasteiger partial charge is 0.392 e. The van der Waals surface area contributed by atoms with Gasteiger partial charge in [-0.2, -0.15) is 0 Å². The Bertz CT molecular complexity index is 1560. The van der Waals surface area contributed by atoms with Gasteiger partial charge in [-0.25, -0.2) is 43.9 Å². The van der Waals surface area contributed by atoms with Gasteiger partial charge < -0.3 is 10.2 Å². The molecule has 0 aliphatic heterocycles. The number of halogens is 10. The van der Waals surface area contributed by atoms with Crippen LogP contribution in [0.2, 0.25) is 0 Å². The van der Waals surface area contributed by atoms with E-state index in [1.54, 1.807) is 13.8 Å². The van der Waals surface area contributed by atoms with Crippen molar-refractivity contribution in [1.29, 1.82) is 0 Å². The summed E-state index contributed by atoms with van der Waals surface area (Å²) in [5.41, 5.74) is -5.19. The second-order valence-corrected chi connectivity index (χ2v) is 15.1. The van der Waals surface area contributed by atoms with Crippen LogP contribution < -0.4 is 0 Å². The SMILES string of the molecule is CC1(C)C2CCC1(C)C(O)C2C(=O)c1c(F)c(F)c(F)c(F)c1F.CC1(C)C2CCC1(C)C(O)C2C(=O)c1c(F)c(F)c(F)c(F)c1F.[Ni]. The molecule has 4 aliphatic rings. The van der Waals surface area contributed by atoms with E-state index >= 15 is 0 Å². The van der Waals surface area contributed by atoms with Gasteiger partial charge >= 0.3 is 0 Å². The molecule has 0 aromatic heterocycles. The summed E-state index contributed by atoms with van der Waals surface area (Å²) in [4.78, 5) is 25.3. The molecule has 6 rings (SSSR count). The first-order chi connectivity index (χ1) is 21.9. The molecule has 4 nitrogen and oxygen atoms in total. The first-order valence-corrected chi connectivity index (χ1v) is 15.4. The van der Waals surface area contributed by atoms with E-state index in [1.165, 1.54) is 0 Å². The fourth-order valence-electron chi connectivity index (χ4n) is 9.30. The number of fused-ring (bicyclic) bond motifs is 4. The molecular weight excluding hydrogens is 721 g/mol. The zero-order valence-corrected chi connectivity index (χ0v) is 28.1. The fourth-order valence-corrected chi connectivity index (χ4v) is 9.30. The first-order valence-electron chi connectivity index (χ1n) is 15.4. The van der Waals surface area contributed by atoms with Crippen molar-refractivity contribution in [2.75, 3.05) is 0 Å². The molecule has 0 spiro atoms. The van der Waals surface area contributed by atoms with E-state index < -0.39 is 127 Å². The summed E-state index contributed by atoms with van der Waals surface area (Å²) in [6.07, 6.45) is -0.0412. The summed E-state index contributed by atoms with van der Waals surface area (Å²) in [5.74, 6) is -27.4. The molecule has 4 aliphatic carbocycles. The van der Waals surface area contributed by atoms with Crippen LogP contribution in [-0.4, -0.2) is 34.0 Å². The molecule has 2 N–H and O–H groups in total. The van der Waals surface area contributed by atoms with Crippen LogP contribution in [0.15, 0.2) is 0 Å². The number of hydrogen-bond donors (Lipinski definition) is 2. The Morgan fingerprint density at radius 3 is 0.918 bits per heavy atom. The van der Waals surface area contributed by atoms with E-state index in [-0.39, 0.29) is 28.3 Å². The molecule has 8 atom stereocenters. The van der Waals surface area contributed by atoms with E-state index in [9.17, 15) is 63.7 Å². The van der Waals surface area contributed by atoms with Crippen molar-refractivity contribution in [3.05, 3.63) is 69.3 Å². The summed E-state index contributed by atoms with van der Waals surface area (Å²) in [5, 5.41) is 21.1. The van der Waals surface area contributed by atoms with Crippen molar-refractivity contribution in [2.24, 2.45) is 45.3 Å². The topological polar surface area (TPSA) is 74.6 Å². The molecule has 15 heteroatoms. The molecule has 49 heavy (non-hydrogen) atoms. The van der Waals surface area contributed by atoms with Crippen molar-refractivity contribution in [1.82, 2.24) is 0 Å². The van der Waals surface area contributed by atoms with Gasteiger partial charge in [0.25, 0.3) is 0 Å². The maximum absolute atomic E-state index is 13.9. The number of carbonyl (C=O) groups is 2. The van der Waals surface area contributed by atoms with E-state index in [2.05, 4.69) is 0 Å². The Morgan fingerprint density at radius 2 is 0.714 bits per heavy atom. The van der Waals surface area contributed by atoms with Crippen LogP contribution in [0.5, 0.6) is 0 Å². The third-order valence-corrected chi connectivity index (χ3v) is 13.1. The number of hydrogen-bond acceptors (Lipinski definition) is 4. The molecule has 8 unspecified atom stereocenters. The summed E-state index contributed by atoms with van der Waals surface area (Å²) >= 11 is 0. The van der Waals surface area contributed by atoms with Crippen molar-refractivity contribution in [2.45, 2.75) is 79.4 Å². The zero-order chi connectivity index (χ0) is 36.4. The summed E-state index contributed by atoms with van der Waals surface area (Å²) in [6.45, 7) is 11.0. The van der Waals surface area contributed by atoms with Gasteiger partial charge in [-0.1, -0.05) is 41.5 Å². The number of Topliss-reactive ketones (excluding diaryl/α,β-unsaturated/α-hetero) is 2. The number of benzene rings is 2. The van der Waals surface area contributed by atoms with Crippen molar-refractivity contribution in [3.63, 3.8) is 0 Å². The third-order valence-electron chi connectivity index (χ3n) is 13.1. The Balaban J connectivity index is 0.000000216. The first kappa shape index (κ1) is 39.3. The van der Waals surface area contributed by atoms with Crippen LogP contribution in [0.4, 0.5) is 43.9 Å². The van der Waals surface area contributed by atoms with Gasteiger partial charge in [0.2, 0.25) is 11.6 Å². The van der Waals surface area contributed by atoms with Crippen molar-refractivity contribution >= 4 is 11.6 Å². The third kappa shape index (κ3) is 4.98. The maximum atomic E-state index is 13.9. The molecule has 274 valence electrons. The number of rotatable bonds is 4. The molecule has 0 radical (unpaired) electrons. The molecule has 0 saturated heterocycles. The van der Waals surface area contributed by atoms with Crippen LogP contribution in [0.25, 0.3) is 0 Å². The molecular formula is C34H34F10NiO4. The number of ketones is 2. The monoisotopic (exact) mass is 754 g/mol.